The summed E-state index contributed by atoms with van der Waals surface area (Å²) in [5, 5.41) is 8.78. The number of hydrogen-bond donors (Lipinski definition) is 3. The number of H-pyrrole nitrogens is 1. The molecule has 0 radical (unpaired) electrons. The Labute approximate surface area is 227 Å². The molecule has 0 atom stereocenters. The molecule has 2 amide bonds. The monoisotopic (exact) mass is 555 g/mol. The summed E-state index contributed by atoms with van der Waals surface area (Å²) in [4.78, 5) is 37.6. The van der Waals surface area contributed by atoms with E-state index in [2.05, 4.69) is 25.5 Å². The van der Waals surface area contributed by atoms with Gasteiger partial charge >= 0.3 is 6.18 Å². The summed E-state index contributed by atoms with van der Waals surface area (Å²) >= 11 is 0. The van der Waals surface area contributed by atoms with Gasteiger partial charge in [0.2, 0.25) is 5.91 Å². The van der Waals surface area contributed by atoms with Gasteiger partial charge in [0.05, 0.1) is 17.5 Å². The lowest BCUT2D eigenvalue weighted by atomic mass is 10.1. The number of hydrogen-bond acceptors (Lipinski definition) is 7. The van der Waals surface area contributed by atoms with Crippen LogP contribution in [0.4, 0.5) is 24.7 Å². The van der Waals surface area contributed by atoms with Crippen LogP contribution in [0.25, 0.3) is 16.9 Å². The second-order valence-corrected chi connectivity index (χ2v) is 9.48. The molecule has 14 heteroatoms. The number of carbonyl (C=O) groups is 2. The smallest absolute Gasteiger partial charge is 0.339 e. The Morgan fingerprint density at radius 1 is 1.12 bits per heavy atom. The van der Waals surface area contributed by atoms with Crippen LogP contribution < -0.4 is 11.1 Å². The number of nitrogens with zero attached hydrogens (tertiary/aromatic N) is 6. The van der Waals surface area contributed by atoms with Crippen molar-refractivity contribution in [3.05, 3.63) is 59.8 Å². The fourth-order valence-corrected chi connectivity index (χ4v) is 4.77. The maximum absolute atomic E-state index is 13.4. The molecule has 0 bridgehead atoms. The summed E-state index contributed by atoms with van der Waals surface area (Å²) < 4.78 is 41.7. The number of nitrogens with two attached hydrogens (primary N) is 1. The van der Waals surface area contributed by atoms with Crippen LogP contribution in [0.5, 0.6) is 0 Å². The van der Waals surface area contributed by atoms with Gasteiger partial charge in [-0.15, -0.1) is 0 Å². The Bertz CT molecular complexity index is 1540. The van der Waals surface area contributed by atoms with Crippen LogP contribution in [-0.4, -0.2) is 78.9 Å². The minimum Gasteiger partial charge on any atom is -0.339 e. The van der Waals surface area contributed by atoms with Crippen LogP contribution in [0.2, 0.25) is 0 Å². The fourth-order valence-electron chi connectivity index (χ4n) is 4.77. The van der Waals surface area contributed by atoms with E-state index in [1.54, 1.807) is 28.0 Å². The lowest BCUT2D eigenvalue weighted by molar-refractivity contribution is -0.140. The molecule has 0 aliphatic carbocycles. The lowest BCUT2D eigenvalue weighted by Gasteiger charge is -2.35. The third-order valence-electron chi connectivity index (χ3n) is 6.85. The van der Waals surface area contributed by atoms with E-state index in [1.807, 2.05) is 6.92 Å². The van der Waals surface area contributed by atoms with Gasteiger partial charge in [-0.05, 0) is 43.7 Å². The molecule has 5 rings (SSSR count). The minimum absolute atomic E-state index is 0.0583. The molecule has 1 aromatic carbocycles. The zero-order valence-electron chi connectivity index (χ0n) is 21.7. The van der Waals surface area contributed by atoms with E-state index in [4.69, 9.17) is 5.73 Å². The van der Waals surface area contributed by atoms with Crippen molar-refractivity contribution in [3.63, 3.8) is 0 Å². The average Bonchev–Trinajstić information content (AvgIpc) is 3.59. The molecule has 1 aliphatic rings. The van der Waals surface area contributed by atoms with Crippen LogP contribution in [0.1, 0.15) is 34.5 Å². The van der Waals surface area contributed by atoms with E-state index in [0.29, 0.717) is 68.3 Å². The number of nitrogens with one attached hydrogen (secondary N) is 2. The highest BCUT2D eigenvalue weighted by Crippen LogP contribution is 2.36. The van der Waals surface area contributed by atoms with Gasteiger partial charge < -0.3 is 20.9 Å². The van der Waals surface area contributed by atoms with Crippen LogP contribution in [0, 0.1) is 6.92 Å². The van der Waals surface area contributed by atoms with Crippen molar-refractivity contribution in [1.82, 2.24) is 34.4 Å². The molecule has 40 heavy (non-hydrogen) atoms. The molecule has 1 fully saturated rings. The number of benzene rings is 1. The van der Waals surface area contributed by atoms with Crippen LogP contribution >= 0.6 is 0 Å². The van der Waals surface area contributed by atoms with E-state index < -0.39 is 11.9 Å². The molecule has 4 heterocycles. The summed E-state index contributed by atoms with van der Waals surface area (Å²) in [6.07, 6.45) is 1.93. The maximum atomic E-state index is 13.4. The Morgan fingerprint density at radius 2 is 1.88 bits per heavy atom. The van der Waals surface area contributed by atoms with Crippen molar-refractivity contribution in [2.75, 3.05) is 38.0 Å². The molecule has 4 aromatic rings. The van der Waals surface area contributed by atoms with Gasteiger partial charge in [-0.3, -0.25) is 19.1 Å². The number of fused-ring (bicyclic) bond motifs is 1. The molecule has 4 N–H and O–H groups in total. The zero-order valence-corrected chi connectivity index (χ0v) is 21.7. The SMILES string of the molecule is Cc1cc(Nc2nccn3c(-c4c[nH]nc4C(F)(F)F)cnc23)ccc1C(=O)N1CCN(C(=O)CCCN)CC1. The number of amides is 2. The standard InChI is InChI=1S/C26H28F3N9O2/c1-16-13-17(4-5-18(16)25(40)37-11-9-36(10-12-37)21(39)3-2-6-30)34-23-24-32-15-20(38(24)8-7-31-23)19-14-33-35-22(19)26(27,28)29/h4-5,7-8,13-15H,2-3,6,9-12,30H2,1H3,(H,31,34)(H,33,35). The number of aromatic amines is 1. The highest BCUT2D eigenvalue weighted by molar-refractivity contribution is 5.96. The molecule has 0 unspecified atom stereocenters. The number of halogens is 3. The quantitative estimate of drug-likeness (QED) is 0.318. The lowest BCUT2D eigenvalue weighted by Crippen LogP contribution is -2.50. The van der Waals surface area contributed by atoms with E-state index in [0.717, 1.165) is 5.56 Å². The summed E-state index contributed by atoms with van der Waals surface area (Å²) in [6, 6.07) is 5.25. The zero-order chi connectivity index (χ0) is 28.4. The molecule has 0 spiro atoms. The molecular weight excluding hydrogens is 527 g/mol. The third-order valence-corrected chi connectivity index (χ3v) is 6.85. The third kappa shape index (κ3) is 5.34. The van der Waals surface area contributed by atoms with Gasteiger partial charge in [0.15, 0.2) is 17.2 Å². The molecule has 11 nitrogen and oxygen atoms in total. The number of piperazine rings is 1. The second kappa shape index (κ2) is 11.0. The molecule has 1 aliphatic heterocycles. The number of anilines is 2. The van der Waals surface area contributed by atoms with Crippen molar-refractivity contribution >= 4 is 29.0 Å². The van der Waals surface area contributed by atoms with Crippen LogP contribution in [-0.2, 0) is 11.0 Å². The largest absolute Gasteiger partial charge is 0.435 e. The Morgan fingerprint density at radius 3 is 2.58 bits per heavy atom. The van der Waals surface area contributed by atoms with Crippen molar-refractivity contribution in [1.29, 1.82) is 0 Å². The normalized spacial score (nSPS) is 14.1. The van der Waals surface area contributed by atoms with Crippen molar-refractivity contribution < 1.29 is 22.8 Å². The number of aryl methyl sites for hydroxylation is 1. The molecule has 0 saturated carbocycles. The summed E-state index contributed by atoms with van der Waals surface area (Å²) in [5.41, 5.74) is 6.77. The first-order valence-electron chi connectivity index (χ1n) is 12.8. The molecule has 1 saturated heterocycles. The second-order valence-electron chi connectivity index (χ2n) is 9.48. The Balaban J connectivity index is 1.30. The highest BCUT2D eigenvalue weighted by Gasteiger charge is 2.37. The number of alkyl halides is 3. The van der Waals surface area contributed by atoms with Crippen molar-refractivity contribution in [2.45, 2.75) is 25.9 Å². The van der Waals surface area contributed by atoms with Gasteiger partial charge in [0, 0.05) is 62.4 Å². The highest BCUT2D eigenvalue weighted by atomic mass is 19.4. The number of aromatic nitrogens is 5. The molecule has 210 valence electrons. The van der Waals surface area contributed by atoms with Crippen molar-refractivity contribution in [3.8, 4) is 11.3 Å². The fraction of sp³-hybridized carbons (Fsp3) is 0.346. The first kappa shape index (κ1) is 27.1. The first-order chi connectivity index (χ1) is 19.2. The minimum atomic E-state index is -4.63. The topological polar surface area (TPSA) is 138 Å². The van der Waals surface area contributed by atoms with Crippen LogP contribution in [0.3, 0.4) is 0 Å². The average molecular weight is 556 g/mol. The summed E-state index contributed by atoms with van der Waals surface area (Å²) in [6.45, 7) is 4.17. The van der Waals surface area contributed by atoms with Gasteiger partial charge in [-0.25, -0.2) is 9.97 Å². The van der Waals surface area contributed by atoms with Crippen LogP contribution in [0.15, 0.2) is 43.0 Å². The number of rotatable bonds is 7. The Hall–Kier alpha value is -4.46. The Kier molecular flexibility index (Phi) is 7.43. The first-order valence-corrected chi connectivity index (χ1v) is 12.8. The van der Waals surface area contributed by atoms with E-state index >= 15 is 0 Å². The molecular formula is C26H28F3N9O2. The number of carbonyl (C=O) groups excluding carboxylic acids is 2. The van der Waals surface area contributed by atoms with Gasteiger partial charge in [0.25, 0.3) is 5.91 Å². The summed E-state index contributed by atoms with van der Waals surface area (Å²) in [5.74, 6) is 0.277. The van der Waals surface area contributed by atoms with E-state index in [1.165, 1.54) is 29.2 Å². The van der Waals surface area contributed by atoms with Gasteiger partial charge in [0.1, 0.15) is 0 Å². The van der Waals surface area contributed by atoms with Crippen molar-refractivity contribution in [2.24, 2.45) is 5.73 Å². The maximum Gasteiger partial charge on any atom is 0.435 e. The van der Waals surface area contributed by atoms with E-state index in [9.17, 15) is 22.8 Å². The molecule has 3 aromatic heterocycles. The predicted molar refractivity (Wildman–Crippen MR) is 141 cm³/mol. The van der Waals surface area contributed by atoms with E-state index in [-0.39, 0.29) is 23.1 Å². The summed E-state index contributed by atoms with van der Waals surface area (Å²) in [7, 11) is 0. The number of imidazole rings is 1. The van der Waals surface area contributed by atoms with Gasteiger partial charge in [-0.1, -0.05) is 0 Å². The van der Waals surface area contributed by atoms with Gasteiger partial charge in [-0.2, -0.15) is 18.3 Å². The predicted octanol–water partition coefficient (Wildman–Crippen LogP) is 3.21.